The number of carbonyl (C=O) groups excluding carboxylic acids is 1. The fourth-order valence-electron chi connectivity index (χ4n) is 1.39. The fraction of sp³-hybridized carbons (Fsp3) is 0.556. The van der Waals surface area contributed by atoms with Crippen molar-refractivity contribution < 1.29 is 13.2 Å². The van der Waals surface area contributed by atoms with Crippen LogP contribution in [0.2, 0.25) is 0 Å². The van der Waals surface area contributed by atoms with Crippen LogP contribution < -0.4 is 5.32 Å². The summed E-state index contributed by atoms with van der Waals surface area (Å²) in [6, 6.07) is 0. The van der Waals surface area contributed by atoms with Crippen LogP contribution >= 0.6 is 10.7 Å². The van der Waals surface area contributed by atoms with Crippen LogP contribution in [0.3, 0.4) is 0 Å². The monoisotopic (exact) mass is 279 g/mol. The first-order valence-electron chi connectivity index (χ1n) is 5.10. The van der Waals surface area contributed by atoms with Crippen molar-refractivity contribution in [1.82, 2.24) is 15.1 Å². The summed E-state index contributed by atoms with van der Waals surface area (Å²) in [4.78, 5) is 10.8. The molecule has 1 rings (SSSR count). The predicted octanol–water partition coefficient (Wildman–Crippen LogP) is 0.857. The van der Waals surface area contributed by atoms with Crippen molar-refractivity contribution in [2.45, 2.75) is 38.3 Å². The van der Waals surface area contributed by atoms with E-state index in [0.29, 0.717) is 12.2 Å². The van der Waals surface area contributed by atoms with Crippen molar-refractivity contribution in [3.8, 4) is 0 Å². The van der Waals surface area contributed by atoms with Crippen LogP contribution in [0.25, 0.3) is 0 Å². The topological polar surface area (TPSA) is 81.1 Å². The van der Waals surface area contributed by atoms with Gasteiger partial charge >= 0.3 is 0 Å². The van der Waals surface area contributed by atoms with Gasteiger partial charge in [-0.05, 0) is 6.42 Å². The number of halogens is 1. The second-order valence-electron chi connectivity index (χ2n) is 3.53. The quantitative estimate of drug-likeness (QED) is 0.811. The zero-order chi connectivity index (χ0) is 13.1. The summed E-state index contributed by atoms with van der Waals surface area (Å²) < 4.78 is 24.2. The molecule has 1 aromatic rings. The van der Waals surface area contributed by atoms with E-state index in [1.165, 1.54) is 17.8 Å². The molecule has 17 heavy (non-hydrogen) atoms. The molecule has 0 radical (unpaired) electrons. The minimum atomic E-state index is -3.84. The van der Waals surface area contributed by atoms with Crippen LogP contribution in [-0.2, 0) is 26.9 Å². The molecule has 1 amide bonds. The molecule has 0 saturated carbocycles. The van der Waals surface area contributed by atoms with E-state index < -0.39 is 9.05 Å². The van der Waals surface area contributed by atoms with Crippen LogP contribution in [0.15, 0.2) is 11.1 Å². The molecule has 0 aliphatic carbocycles. The molecule has 0 saturated heterocycles. The number of nitrogens with one attached hydrogen (secondary N) is 1. The number of rotatable bonds is 5. The van der Waals surface area contributed by atoms with Crippen LogP contribution in [0.5, 0.6) is 0 Å². The Hall–Kier alpha value is -1.08. The summed E-state index contributed by atoms with van der Waals surface area (Å²) in [5.41, 5.74) is 0.400. The molecule has 96 valence electrons. The highest BCUT2D eigenvalue weighted by Gasteiger charge is 2.20. The lowest BCUT2D eigenvalue weighted by atomic mass is 10.4. The highest BCUT2D eigenvalue weighted by molar-refractivity contribution is 8.13. The van der Waals surface area contributed by atoms with E-state index in [4.69, 9.17) is 10.7 Å². The fourth-order valence-corrected chi connectivity index (χ4v) is 2.41. The third-order valence-electron chi connectivity index (χ3n) is 2.11. The number of aryl methyl sites for hydroxylation is 1. The predicted molar refractivity (Wildman–Crippen MR) is 63.1 cm³/mol. The van der Waals surface area contributed by atoms with Gasteiger partial charge in [-0.15, -0.1) is 0 Å². The Kier molecular flexibility index (Phi) is 4.53. The van der Waals surface area contributed by atoms with Gasteiger partial charge in [-0.25, -0.2) is 8.42 Å². The molecule has 0 aliphatic rings. The molecule has 0 spiro atoms. The minimum Gasteiger partial charge on any atom is -0.351 e. The first-order chi connectivity index (χ1) is 7.86. The molecule has 0 unspecified atom stereocenters. The lowest BCUT2D eigenvalue weighted by Gasteiger charge is -2.07. The third-order valence-corrected chi connectivity index (χ3v) is 3.48. The smallest absolute Gasteiger partial charge is 0.264 e. The maximum absolute atomic E-state index is 11.3. The van der Waals surface area contributed by atoms with E-state index in [0.717, 1.165) is 6.42 Å². The van der Waals surface area contributed by atoms with E-state index in [1.807, 2.05) is 6.92 Å². The van der Waals surface area contributed by atoms with Crippen LogP contribution in [0.1, 0.15) is 26.0 Å². The van der Waals surface area contributed by atoms with Gasteiger partial charge in [-0.3, -0.25) is 9.48 Å². The van der Waals surface area contributed by atoms with Gasteiger partial charge in [0.2, 0.25) is 5.91 Å². The summed E-state index contributed by atoms with van der Waals surface area (Å²) in [7, 11) is 1.46. The average Bonchev–Trinajstić information content (AvgIpc) is 2.58. The standard InChI is InChI=1S/C9H14ClN3O3S/c1-3-4-13-8(5-11-7(2)14)9(6-12-13)17(10,15)16/h6H,3-5H2,1-2H3,(H,11,14). The normalized spacial score (nSPS) is 11.5. The summed E-state index contributed by atoms with van der Waals surface area (Å²) in [5, 5.41) is 6.49. The molecule has 1 aromatic heterocycles. The molecule has 0 atom stereocenters. The van der Waals surface area contributed by atoms with Crippen molar-refractivity contribution >= 4 is 25.6 Å². The Morgan fingerprint density at radius 3 is 2.71 bits per heavy atom. The van der Waals surface area contributed by atoms with Gasteiger partial charge in [-0.2, -0.15) is 5.10 Å². The highest BCUT2D eigenvalue weighted by atomic mass is 35.7. The Balaban J connectivity index is 3.10. The van der Waals surface area contributed by atoms with Gasteiger partial charge < -0.3 is 5.32 Å². The van der Waals surface area contributed by atoms with Crippen LogP contribution in [0.4, 0.5) is 0 Å². The molecule has 1 N–H and O–H groups in total. The number of nitrogens with zero attached hydrogens (tertiary/aromatic N) is 2. The second-order valence-corrected chi connectivity index (χ2v) is 6.06. The maximum Gasteiger partial charge on any atom is 0.264 e. The van der Waals surface area contributed by atoms with Crippen molar-refractivity contribution in [2.75, 3.05) is 0 Å². The molecular formula is C9H14ClN3O3S. The van der Waals surface area contributed by atoms with Crippen molar-refractivity contribution in [1.29, 1.82) is 0 Å². The van der Waals surface area contributed by atoms with Gasteiger partial charge in [0, 0.05) is 24.2 Å². The van der Waals surface area contributed by atoms with Gasteiger partial charge in [0.05, 0.1) is 18.4 Å². The number of amides is 1. The summed E-state index contributed by atoms with van der Waals surface area (Å²) in [6.07, 6.45) is 2.01. The molecule has 0 fully saturated rings. The Morgan fingerprint density at radius 1 is 1.59 bits per heavy atom. The van der Waals surface area contributed by atoms with Gasteiger partial charge in [-0.1, -0.05) is 6.92 Å². The second kappa shape index (κ2) is 5.50. The van der Waals surface area contributed by atoms with Crippen molar-refractivity contribution in [3.63, 3.8) is 0 Å². The lowest BCUT2D eigenvalue weighted by Crippen LogP contribution is -2.22. The third kappa shape index (κ3) is 3.71. The van der Waals surface area contributed by atoms with Crippen LogP contribution in [0, 0.1) is 0 Å². The van der Waals surface area contributed by atoms with E-state index in [1.54, 1.807) is 0 Å². The molecule has 0 aliphatic heterocycles. The zero-order valence-electron chi connectivity index (χ0n) is 9.60. The van der Waals surface area contributed by atoms with E-state index in [2.05, 4.69) is 10.4 Å². The first-order valence-corrected chi connectivity index (χ1v) is 7.41. The minimum absolute atomic E-state index is 0.0543. The molecule has 6 nitrogen and oxygen atoms in total. The van der Waals surface area contributed by atoms with Crippen molar-refractivity contribution in [3.05, 3.63) is 11.9 Å². The van der Waals surface area contributed by atoms with Gasteiger partial charge in [0.15, 0.2) is 0 Å². The summed E-state index contributed by atoms with van der Waals surface area (Å²) in [5.74, 6) is -0.243. The Labute approximate surface area is 104 Å². The van der Waals surface area contributed by atoms with Gasteiger partial charge in [0.1, 0.15) is 4.90 Å². The van der Waals surface area contributed by atoms with Crippen molar-refractivity contribution in [2.24, 2.45) is 0 Å². The van der Waals surface area contributed by atoms with Crippen LogP contribution in [-0.4, -0.2) is 24.1 Å². The van der Waals surface area contributed by atoms with E-state index in [-0.39, 0.29) is 17.3 Å². The van der Waals surface area contributed by atoms with E-state index in [9.17, 15) is 13.2 Å². The Bertz CT molecular complexity index is 510. The molecular weight excluding hydrogens is 266 g/mol. The number of hydrogen-bond acceptors (Lipinski definition) is 4. The van der Waals surface area contributed by atoms with Gasteiger partial charge in [0.25, 0.3) is 9.05 Å². The average molecular weight is 280 g/mol. The molecule has 8 heteroatoms. The number of hydrogen-bond donors (Lipinski definition) is 1. The zero-order valence-corrected chi connectivity index (χ0v) is 11.2. The Morgan fingerprint density at radius 2 is 2.24 bits per heavy atom. The molecule has 1 heterocycles. The summed E-state index contributed by atoms with van der Waals surface area (Å²) in [6.45, 7) is 3.96. The molecule has 0 aromatic carbocycles. The summed E-state index contributed by atoms with van der Waals surface area (Å²) >= 11 is 0. The molecule has 0 bridgehead atoms. The highest BCUT2D eigenvalue weighted by Crippen LogP contribution is 2.19. The largest absolute Gasteiger partial charge is 0.351 e. The first kappa shape index (κ1) is 14.0. The number of aromatic nitrogens is 2. The SMILES string of the molecule is CCCn1ncc(S(=O)(=O)Cl)c1CNC(C)=O. The maximum atomic E-state index is 11.3. The number of carbonyl (C=O) groups is 1. The lowest BCUT2D eigenvalue weighted by molar-refractivity contribution is -0.119. The van der Waals surface area contributed by atoms with E-state index >= 15 is 0 Å².